The number of aromatic nitrogens is 1. The van der Waals surface area contributed by atoms with Gasteiger partial charge >= 0.3 is 0 Å². The Labute approximate surface area is 125 Å². The van der Waals surface area contributed by atoms with Crippen molar-refractivity contribution in [1.29, 1.82) is 0 Å². The van der Waals surface area contributed by atoms with E-state index in [1.807, 2.05) is 4.90 Å². The summed E-state index contributed by atoms with van der Waals surface area (Å²) >= 11 is 1.45. The summed E-state index contributed by atoms with van der Waals surface area (Å²) in [5, 5.41) is 3.68. The monoisotopic (exact) mass is 309 g/mol. The van der Waals surface area contributed by atoms with Crippen LogP contribution in [0.1, 0.15) is 0 Å². The number of nitrogens with one attached hydrogen (secondary N) is 1. The first kappa shape index (κ1) is 14.2. The second kappa shape index (κ2) is 5.95. The highest BCUT2D eigenvalue weighted by Crippen LogP contribution is 2.33. The van der Waals surface area contributed by atoms with Crippen molar-refractivity contribution in [3.8, 4) is 0 Å². The molecule has 1 amide bonds. The number of thiazole rings is 1. The van der Waals surface area contributed by atoms with E-state index in [1.54, 1.807) is 13.2 Å². The van der Waals surface area contributed by atoms with Crippen LogP contribution in [0.5, 0.6) is 0 Å². The van der Waals surface area contributed by atoms with E-state index in [4.69, 9.17) is 4.74 Å². The molecule has 0 radical (unpaired) electrons. The number of hydrogen-bond acceptors (Lipinski definition) is 5. The molecule has 1 aromatic carbocycles. The molecule has 0 bridgehead atoms. The lowest BCUT2D eigenvalue weighted by molar-refractivity contribution is -0.125. The van der Waals surface area contributed by atoms with Crippen LogP contribution in [0.2, 0.25) is 0 Å². The summed E-state index contributed by atoms with van der Waals surface area (Å²) in [6.45, 7) is 2.36. The fraction of sp³-hybridized carbons (Fsp3) is 0.429. The zero-order valence-corrected chi connectivity index (χ0v) is 12.5. The lowest BCUT2D eigenvalue weighted by Gasteiger charge is -2.37. The molecule has 0 saturated carbocycles. The van der Waals surface area contributed by atoms with Crippen LogP contribution in [0.4, 0.5) is 9.52 Å². The highest BCUT2D eigenvalue weighted by atomic mass is 32.1. The van der Waals surface area contributed by atoms with E-state index in [9.17, 15) is 9.18 Å². The van der Waals surface area contributed by atoms with Crippen molar-refractivity contribution >= 4 is 32.6 Å². The van der Waals surface area contributed by atoms with Gasteiger partial charge in [0.15, 0.2) is 5.13 Å². The Morgan fingerprint density at radius 2 is 2.38 bits per heavy atom. The Morgan fingerprint density at radius 1 is 1.57 bits per heavy atom. The fourth-order valence-corrected chi connectivity index (χ4v) is 3.25. The van der Waals surface area contributed by atoms with Gasteiger partial charge in [-0.2, -0.15) is 0 Å². The van der Waals surface area contributed by atoms with Gasteiger partial charge < -0.3 is 15.0 Å². The molecule has 0 atom stereocenters. The summed E-state index contributed by atoms with van der Waals surface area (Å²) in [7, 11) is 1.60. The van der Waals surface area contributed by atoms with Crippen molar-refractivity contribution in [2.75, 3.05) is 38.3 Å². The van der Waals surface area contributed by atoms with Crippen LogP contribution >= 0.6 is 11.3 Å². The van der Waals surface area contributed by atoms with E-state index < -0.39 is 0 Å². The Bertz CT molecular complexity index is 655. The predicted molar refractivity (Wildman–Crippen MR) is 80.2 cm³/mol. The minimum absolute atomic E-state index is 0.00870. The molecule has 1 aromatic heterocycles. The summed E-state index contributed by atoms with van der Waals surface area (Å²) in [5.41, 5.74) is 0.796. The fourth-order valence-electron chi connectivity index (χ4n) is 2.24. The number of carbonyl (C=O) groups excluding carboxylic acids is 1. The first-order valence-corrected chi connectivity index (χ1v) is 7.56. The van der Waals surface area contributed by atoms with Crippen LogP contribution in [-0.2, 0) is 9.53 Å². The number of carbonyl (C=O) groups is 1. The van der Waals surface area contributed by atoms with E-state index in [2.05, 4.69) is 10.3 Å². The van der Waals surface area contributed by atoms with Crippen molar-refractivity contribution in [2.24, 2.45) is 5.92 Å². The SMILES string of the molecule is COCCNC(=O)C1CN(c2nc3ccc(F)cc3s2)C1. The van der Waals surface area contributed by atoms with Crippen LogP contribution in [0, 0.1) is 11.7 Å². The molecule has 2 aromatic rings. The van der Waals surface area contributed by atoms with Crippen molar-refractivity contribution < 1.29 is 13.9 Å². The van der Waals surface area contributed by atoms with Crippen LogP contribution in [-0.4, -0.2) is 44.2 Å². The number of nitrogens with zero attached hydrogens (tertiary/aromatic N) is 2. The molecule has 7 heteroatoms. The number of benzene rings is 1. The minimum atomic E-state index is -0.253. The first-order chi connectivity index (χ1) is 10.2. The maximum atomic E-state index is 13.2. The standard InChI is InChI=1S/C14H16FN3O2S/c1-20-5-4-16-13(19)9-7-18(8-9)14-17-11-3-2-10(15)6-12(11)21-14/h2-3,6,9H,4-5,7-8H2,1H3,(H,16,19). The molecule has 1 aliphatic heterocycles. The Balaban J connectivity index is 1.58. The highest BCUT2D eigenvalue weighted by molar-refractivity contribution is 7.22. The molecule has 1 aliphatic rings. The first-order valence-electron chi connectivity index (χ1n) is 6.75. The molecule has 0 unspecified atom stereocenters. The molecule has 112 valence electrons. The number of ether oxygens (including phenoxy) is 1. The van der Waals surface area contributed by atoms with Gasteiger partial charge in [0.1, 0.15) is 5.82 Å². The lowest BCUT2D eigenvalue weighted by Crippen LogP contribution is -2.54. The van der Waals surface area contributed by atoms with Crippen LogP contribution in [0.15, 0.2) is 18.2 Å². The lowest BCUT2D eigenvalue weighted by atomic mass is 10.0. The maximum absolute atomic E-state index is 13.2. The van der Waals surface area contributed by atoms with Gasteiger partial charge in [0.05, 0.1) is 22.7 Å². The van der Waals surface area contributed by atoms with E-state index in [0.29, 0.717) is 26.2 Å². The second-order valence-electron chi connectivity index (χ2n) is 4.99. The summed E-state index contributed by atoms with van der Waals surface area (Å²) in [4.78, 5) is 18.3. The minimum Gasteiger partial charge on any atom is -0.383 e. The third-order valence-corrected chi connectivity index (χ3v) is 4.55. The molecule has 1 fully saturated rings. The van der Waals surface area contributed by atoms with Gasteiger partial charge in [0.25, 0.3) is 0 Å². The summed E-state index contributed by atoms with van der Waals surface area (Å²) < 4.78 is 18.9. The van der Waals surface area contributed by atoms with E-state index >= 15 is 0 Å². The number of amides is 1. The maximum Gasteiger partial charge on any atom is 0.226 e. The van der Waals surface area contributed by atoms with Crippen LogP contribution in [0.25, 0.3) is 10.2 Å². The van der Waals surface area contributed by atoms with Gasteiger partial charge in [-0.15, -0.1) is 0 Å². The number of methoxy groups -OCH3 is 1. The van der Waals surface area contributed by atoms with Gasteiger partial charge in [0.2, 0.25) is 5.91 Å². The summed E-state index contributed by atoms with van der Waals surface area (Å²) in [6, 6.07) is 4.58. The zero-order valence-electron chi connectivity index (χ0n) is 11.6. The van der Waals surface area contributed by atoms with Crippen molar-refractivity contribution in [1.82, 2.24) is 10.3 Å². The van der Waals surface area contributed by atoms with Gasteiger partial charge in [0, 0.05) is 26.7 Å². The second-order valence-corrected chi connectivity index (χ2v) is 6.00. The summed E-state index contributed by atoms with van der Waals surface area (Å²) in [6.07, 6.45) is 0. The van der Waals surface area contributed by atoms with Crippen molar-refractivity contribution in [3.05, 3.63) is 24.0 Å². The summed E-state index contributed by atoms with van der Waals surface area (Å²) in [5.74, 6) is -0.210. The van der Waals surface area contributed by atoms with Crippen molar-refractivity contribution in [3.63, 3.8) is 0 Å². The Morgan fingerprint density at radius 3 is 3.14 bits per heavy atom. The van der Waals surface area contributed by atoms with Gasteiger partial charge in [-0.05, 0) is 18.2 Å². The molecular formula is C14H16FN3O2S. The largest absolute Gasteiger partial charge is 0.383 e. The van der Waals surface area contributed by atoms with Gasteiger partial charge in [-0.25, -0.2) is 9.37 Å². The van der Waals surface area contributed by atoms with E-state index in [-0.39, 0.29) is 17.6 Å². The van der Waals surface area contributed by atoms with E-state index in [1.165, 1.54) is 23.5 Å². The number of halogens is 1. The molecule has 1 N–H and O–H groups in total. The number of hydrogen-bond donors (Lipinski definition) is 1. The molecule has 21 heavy (non-hydrogen) atoms. The third-order valence-electron chi connectivity index (χ3n) is 3.47. The molecular weight excluding hydrogens is 293 g/mol. The van der Waals surface area contributed by atoms with Crippen LogP contribution in [0.3, 0.4) is 0 Å². The topological polar surface area (TPSA) is 54.5 Å². The van der Waals surface area contributed by atoms with Crippen LogP contribution < -0.4 is 10.2 Å². The Kier molecular flexibility index (Phi) is 4.03. The molecule has 0 spiro atoms. The Hall–Kier alpha value is -1.73. The van der Waals surface area contributed by atoms with Gasteiger partial charge in [-0.3, -0.25) is 4.79 Å². The van der Waals surface area contributed by atoms with Crippen molar-refractivity contribution in [2.45, 2.75) is 0 Å². The molecule has 3 rings (SSSR count). The predicted octanol–water partition coefficient (Wildman–Crippen LogP) is 1.63. The molecule has 0 aliphatic carbocycles. The molecule has 5 nitrogen and oxygen atoms in total. The molecule has 1 saturated heterocycles. The average molecular weight is 309 g/mol. The number of anilines is 1. The number of rotatable bonds is 5. The highest BCUT2D eigenvalue weighted by Gasteiger charge is 2.34. The average Bonchev–Trinajstić information content (AvgIpc) is 2.79. The van der Waals surface area contributed by atoms with E-state index in [0.717, 1.165) is 15.3 Å². The van der Waals surface area contributed by atoms with Gasteiger partial charge in [-0.1, -0.05) is 11.3 Å². The normalized spacial score (nSPS) is 15.2. The third kappa shape index (κ3) is 2.98. The quantitative estimate of drug-likeness (QED) is 0.853. The molecule has 2 heterocycles. The smallest absolute Gasteiger partial charge is 0.226 e. The number of fused-ring (bicyclic) bond motifs is 1. The zero-order chi connectivity index (χ0) is 14.8.